The number of H-pyrrole nitrogens is 1. The van der Waals surface area contributed by atoms with Crippen molar-refractivity contribution in [3.05, 3.63) is 89.3 Å². The summed E-state index contributed by atoms with van der Waals surface area (Å²) in [7, 11) is 0. The van der Waals surface area contributed by atoms with E-state index in [2.05, 4.69) is 10.3 Å². The van der Waals surface area contributed by atoms with Crippen LogP contribution >= 0.6 is 0 Å². The molecule has 0 aliphatic carbocycles. The molecule has 29 heavy (non-hydrogen) atoms. The highest BCUT2D eigenvalue weighted by Gasteiger charge is 2.15. The molecule has 0 unspecified atom stereocenters. The van der Waals surface area contributed by atoms with Crippen LogP contribution in [0.5, 0.6) is 5.75 Å². The van der Waals surface area contributed by atoms with E-state index in [9.17, 15) is 9.18 Å². The van der Waals surface area contributed by atoms with Crippen molar-refractivity contribution in [1.29, 1.82) is 0 Å². The minimum atomic E-state index is -0.279. The monoisotopic (exact) mass is 392 g/mol. The van der Waals surface area contributed by atoms with Gasteiger partial charge in [0.05, 0.1) is 11.8 Å². The van der Waals surface area contributed by atoms with Crippen LogP contribution in [-0.4, -0.2) is 17.4 Å². The van der Waals surface area contributed by atoms with Crippen LogP contribution in [0.3, 0.4) is 0 Å². The Morgan fingerprint density at radius 1 is 1.21 bits per heavy atom. The molecule has 2 heterocycles. The van der Waals surface area contributed by atoms with Gasteiger partial charge in [0.1, 0.15) is 18.2 Å². The van der Waals surface area contributed by atoms with Gasteiger partial charge in [0.25, 0.3) is 5.91 Å². The van der Waals surface area contributed by atoms with Gasteiger partial charge in [-0.15, -0.1) is 0 Å². The Bertz CT molecular complexity index is 1150. The highest BCUT2D eigenvalue weighted by molar-refractivity contribution is 5.95. The summed E-state index contributed by atoms with van der Waals surface area (Å²) in [5.41, 5.74) is 3.37. The third kappa shape index (κ3) is 4.32. The number of fused-ring (bicyclic) bond motifs is 1. The minimum absolute atomic E-state index is 0.168. The topological polar surface area (TPSA) is 67.3 Å². The van der Waals surface area contributed by atoms with E-state index in [0.29, 0.717) is 24.3 Å². The fourth-order valence-electron chi connectivity index (χ4n) is 3.27. The van der Waals surface area contributed by atoms with Gasteiger partial charge in [0.2, 0.25) is 0 Å². The Hall–Kier alpha value is -3.54. The van der Waals surface area contributed by atoms with Crippen LogP contribution in [0.1, 0.15) is 27.2 Å². The zero-order chi connectivity index (χ0) is 20.2. The predicted octanol–water partition coefficient (Wildman–Crippen LogP) is 4.76. The summed E-state index contributed by atoms with van der Waals surface area (Å²) < 4.78 is 24.6. The highest BCUT2D eigenvalue weighted by Crippen LogP contribution is 2.20. The zero-order valence-corrected chi connectivity index (χ0v) is 16.0. The molecule has 5 nitrogen and oxygen atoms in total. The van der Waals surface area contributed by atoms with Crippen molar-refractivity contribution < 1.29 is 18.3 Å². The number of carbonyl (C=O) groups excluding carboxylic acids is 1. The lowest BCUT2D eigenvalue weighted by molar-refractivity contribution is 0.0949. The molecule has 0 radical (unpaired) electrons. The van der Waals surface area contributed by atoms with Gasteiger partial charge in [-0.1, -0.05) is 12.1 Å². The first-order chi connectivity index (χ1) is 14.1. The molecule has 4 aromatic rings. The Labute approximate surface area is 167 Å². The van der Waals surface area contributed by atoms with E-state index in [4.69, 9.17) is 9.15 Å². The summed E-state index contributed by atoms with van der Waals surface area (Å²) in [5.74, 6) is 0.684. The third-order valence-corrected chi connectivity index (χ3v) is 4.76. The first kappa shape index (κ1) is 18.8. The Kier molecular flexibility index (Phi) is 5.33. The molecule has 0 fully saturated rings. The number of nitrogens with one attached hydrogen (secondary N) is 2. The van der Waals surface area contributed by atoms with Gasteiger partial charge in [-0.25, -0.2) is 4.39 Å². The molecular formula is C23H21FN2O3. The summed E-state index contributed by atoms with van der Waals surface area (Å²) in [6, 6.07) is 13.9. The lowest BCUT2D eigenvalue weighted by Gasteiger charge is -2.08. The Morgan fingerprint density at radius 2 is 2.10 bits per heavy atom. The van der Waals surface area contributed by atoms with Crippen LogP contribution in [0.25, 0.3) is 10.9 Å². The average Bonchev–Trinajstić information content (AvgIpc) is 3.33. The van der Waals surface area contributed by atoms with Crippen molar-refractivity contribution in [1.82, 2.24) is 10.3 Å². The molecule has 2 aromatic heterocycles. The number of aromatic nitrogens is 1. The normalized spacial score (nSPS) is 11.0. The number of aromatic amines is 1. The molecule has 0 spiro atoms. The predicted molar refractivity (Wildman–Crippen MR) is 109 cm³/mol. The number of hydrogen-bond donors (Lipinski definition) is 2. The number of hydrogen-bond acceptors (Lipinski definition) is 3. The van der Waals surface area contributed by atoms with E-state index < -0.39 is 0 Å². The molecule has 1 amide bonds. The maximum atomic E-state index is 13.5. The number of furan rings is 1. The second kappa shape index (κ2) is 8.22. The summed E-state index contributed by atoms with van der Waals surface area (Å²) in [5, 5.41) is 3.72. The summed E-state index contributed by atoms with van der Waals surface area (Å²) in [6.07, 6.45) is 3.91. The number of rotatable bonds is 7. The highest BCUT2D eigenvalue weighted by atomic mass is 19.1. The maximum Gasteiger partial charge on any atom is 0.254 e. The number of halogens is 1. The van der Waals surface area contributed by atoms with Crippen molar-refractivity contribution in [3.63, 3.8) is 0 Å². The number of benzene rings is 2. The third-order valence-electron chi connectivity index (χ3n) is 4.76. The van der Waals surface area contributed by atoms with Crippen molar-refractivity contribution in [3.8, 4) is 5.75 Å². The SMILES string of the molecule is Cc1cccc(OCc2occc2C(=O)NCCc2c[nH]c3ccc(F)cc23)c1. The Morgan fingerprint density at radius 3 is 2.97 bits per heavy atom. The smallest absolute Gasteiger partial charge is 0.254 e. The van der Waals surface area contributed by atoms with Gasteiger partial charge in [0.15, 0.2) is 5.76 Å². The van der Waals surface area contributed by atoms with Gasteiger partial charge >= 0.3 is 0 Å². The molecule has 0 saturated heterocycles. The molecule has 2 aromatic carbocycles. The van der Waals surface area contributed by atoms with Crippen LogP contribution in [-0.2, 0) is 13.0 Å². The van der Waals surface area contributed by atoms with Gasteiger partial charge in [-0.2, -0.15) is 0 Å². The number of ether oxygens (including phenoxy) is 1. The van der Waals surface area contributed by atoms with Gasteiger partial charge < -0.3 is 19.5 Å². The molecule has 0 atom stereocenters. The summed E-state index contributed by atoms with van der Waals surface area (Å²) in [6.45, 7) is 2.58. The molecule has 2 N–H and O–H groups in total. The summed E-state index contributed by atoms with van der Waals surface area (Å²) in [4.78, 5) is 15.7. The summed E-state index contributed by atoms with van der Waals surface area (Å²) >= 11 is 0. The fraction of sp³-hybridized carbons (Fsp3) is 0.174. The van der Waals surface area contributed by atoms with Crippen molar-refractivity contribution >= 4 is 16.8 Å². The molecular weight excluding hydrogens is 371 g/mol. The molecule has 0 aliphatic heterocycles. The maximum absolute atomic E-state index is 13.5. The van der Waals surface area contributed by atoms with Gasteiger partial charge in [-0.05, 0) is 60.9 Å². The van der Waals surface area contributed by atoms with Crippen LogP contribution < -0.4 is 10.1 Å². The molecule has 0 bridgehead atoms. The fourth-order valence-corrected chi connectivity index (χ4v) is 3.27. The van der Waals surface area contributed by atoms with Gasteiger partial charge in [-0.3, -0.25) is 4.79 Å². The second-order valence-electron chi connectivity index (χ2n) is 6.87. The van der Waals surface area contributed by atoms with E-state index in [1.165, 1.54) is 18.4 Å². The van der Waals surface area contributed by atoms with E-state index >= 15 is 0 Å². The van der Waals surface area contributed by atoms with E-state index in [1.807, 2.05) is 37.4 Å². The van der Waals surface area contributed by atoms with Crippen LogP contribution in [0.15, 0.2) is 65.4 Å². The van der Waals surface area contributed by atoms with Crippen molar-refractivity contribution in [2.45, 2.75) is 20.0 Å². The number of amides is 1. The Balaban J connectivity index is 1.35. The number of aryl methyl sites for hydroxylation is 1. The molecule has 4 rings (SSSR count). The van der Waals surface area contributed by atoms with Crippen molar-refractivity contribution in [2.24, 2.45) is 0 Å². The van der Waals surface area contributed by atoms with Crippen LogP contribution in [0, 0.1) is 12.7 Å². The first-order valence-electron chi connectivity index (χ1n) is 9.40. The standard InChI is InChI=1S/C23H21FN2O3/c1-15-3-2-4-18(11-15)29-14-22-19(8-10-28-22)23(27)25-9-7-16-13-26-21-6-5-17(24)12-20(16)21/h2-6,8,10-13,26H,7,9,14H2,1H3,(H,25,27). The lowest BCUT2D eigenvalue weighted by Crippen LogP contribution is -2.26. The second-order valence-corrected chi connectivity index (χ2v) is 6.87. The minimum Gasteiger partial charge on any atom is -0.486 e. The zero-order valence-electron chi connectivity index (χ0n) is 16.0. The largest absolute Gasteiger partial charge is 0.486 e. The molecule has 0 aliphatic rings. The van der Waals surface area contributed by atoms with E-state index in [1.54, 1.807) is 12.1 Å². The van der Waals surface area contributed by atoms with Crippen LogP contribution in [0.2, 0.25) is 0 Å². The lowest BCUT2D eigenvalue weighted by atomic mass is 10.1. The van der Waals surface area contributed by atoms with E-state index in [0.717, 1.165) is 27.8 Å². The number of carbonyl (C=O) groups is 1. The van der Waals surface area contributed by atoms with Crippen LogP contribution in [0.4, 0.5) is 4.39 Å². The first-order valence-corrected chi connectivity index (χ1v) is 9.40. The average molecular weight is 392 g/mol. The van der Waals surface area contributed by atoms with E-state index in [-0.39, 0.29) is 18.3 Å². The quantitative estimate of drug-likeness (QED) is 0.477. The van der Waals surface area contributed by atoms with Crippen molar-refractivity contribution in [2.75, 3.05) is 6.54 Å². The molecule has 6 heteroatoms. The molecule has 0 saturated carbocycles. The van der Waals surface area contributed by atoms with Gasteiger partial charge in [0, 0.05) is 23.6 Å². The molecule has 148 valence electrons.